The molecule has 2 heterocycles. The molecule has 1 aromatic heterocycles. The summed E-state index contributed by atoms with van der Waals surface area (Å²) in [7, 11) is 1.58. The van der Waals surface area contributed by atoms with E-state index in [1.54, 1.807) is 43.6 Å². The van der Waals surface area contributed by atoms with E-state index in [1.165, 1.54) is 0 Å². The highest BCUT2D eigenvalue weighted by Gasteiger charge is 2.46. The molecule has 0 bridgehead atoms. The Kier molecular flexibility index (Phi) is 21.2. The molecule has 8 amide bonds. The highest BCUT2D eigenvalue weighted by atomic mass is 16.5. The molecule has 4 aromatic rings. The predicted octanol–water partition coefficient (Wildman–Crippen LogP) is 2.23. The number of nitrogens with two attached hydrogens (primary N) is 2. The summed E-state index contributed by atoms with van der Waals surface area (Å²) in [6, 6.07) is 17.4. The van der Waals surface area contributed by atoms with E-state index >= 15 is 4.79 Å². The van der Waals surface area contributed by atoms with Crippen molar-refractivity contribution in [1.82, 2.24) is 47.5 Å². The molecule has 21 heteroatoms. The van der Waals surface area contributed by atoms with Gasteiger partial charge in [0.05, 0.1) is 13.5 Å². The Morgan fingerprint density at radius 2 is 1.43 bits per heavy atom. The fourth-order valence-electron chi connectivity index (χ4n) is 9.81. The van der Waals surface area contributed by atoms with Crippen LogP contribution < -0.4 is 58.7 Å². The van der Waals surface area contributed by atoms with Gasteiger partial charge in [0, 0.05) is 49.5 Å². The molecule has 6 rings (SSSR count). The second-order valence-electron chi connectivity index (χ2n) is 19.7. The number of carbonyl (C=O) groups is 8. The molecule has 1 aliphatic heterocycles. The lowest BCUT2D eigenvalue weighted by atomic mass is 9.73. The fraction of sp³-hybridized carbons (Fsp3) is 0.473. The zero-order chi connectivity index (χ0) is 54.6. The van der Waals surface area contributed by atoms with Crippen molar-refractivity contribution in [2.75, 3.05) is 20.2 Å². The summed E-state index contributed by atoms with van der Waals surface area (Å²) in [4.78, 5) is 117. The van der Waals surface area contributed by atoms with E-state index in [0.717, 1.165) is 16.5 Å². The maximum absolute atomic E-state index is 15.3. The highest BCUT2D eigenvalue weighted by Crippen LogP contribution is 2.39. The van der Waals surface area contributed by atoms with Crippen molar-refractivity contribution < 1.29 is 43.1 Å². The van der Waals surface area contributed by atoms with Crippen LogP contribution in [0.15, 0.2) is 85.1 Å². The second-order valence-corrected chi connectivity index (χ2v) is 19.7. The first-order valence-corrected chi connectivity index (χ1v) is 26.3. The lowest BCUT2D eigenvalue weighted by Gasteiger charge is -2.41. The molecule has 1 spiro atoms. The van der Waals surface area contributed by atoms with Crippen LogP contribution in [-0.4, -0.2) is 114 Å². The van der Waals surface area contributed by atoms with Gasteiger partial charge in [-0.3, -0.25) is 43.8 Å². The molecule has 1 unspecified atom stereocenters. The van der Waals surface area contributed by atoms with E-state index in [-0.39, 0.29) is 76.3 Å². The average molecular weight is 1050 g/mol. The van der Waals surface area contributed by atoms with Gasteiger partial charge in [-0.1, -0.05) is 74.0 Å². The molecule has 14 N–H and O–H groups in total. The smallest absolute Gasteiger partial charge is 0.246 e. The largest absolute Gasteiger partial charge is 0.497 e. The van der Waals surface area contributed by atoms with Crippen molar-refractivity contribution in [3.63, 3.8) is 0 Å². The minimum absolute atomic E-state index is 0.0138. The Morgan fingerprint density at radius 3 is 2.13 bits per heavy atom. The number of para-hydroxylation sites is 1. The van der Waals surface area contributed by atoms with Gasteiger partial charge in [-0.15, -0.1) is 0 Å². The first-order chi connectivity index (χ1) is 36.6. The molecule has 5 atom stereocenters. The number of nitrogens with one attached hydrogen (secondary N) is 10. The molecule has 2 aliphatic rings. The summed E-state index contributed by atoms with van der Waals surface area (Å²) in [5.41, 5.74) is 12.9. The zero-order valence-electron chi connectivity index (χ0n) is 43.4. The van der Waals surface area contributed by atoms with Crippen molar-refractivity contribution in [1.29, 1.82) is 5.41 Å². The molecule has 76 heavy (non-hydrogen) atoms. The molecule has 21 nitrogen and oxygen atoms in total. The van der Waals surface area contributed by atoms with E-state index in [2.05, 4.69) is 47.5 Å². The third kappa shape index (κ3) is 16.5. The van der Waals surface area contributed by atoms with Crippen molar-refractivity contribution in [2.24, 2.45) is 11.5 Å². The molecule has 1 aliphatic carbocycles. The number of aromatic amines is 1. The summed E-state index contributed by atoms with van der Waals surface area (Å²) < 4.78 is 5.38. The average Bonchev–Trinajstić information content (AvgIpc) is 3.82. The number of methoxy groups -OCH3 is 1. The van der Waals surface area contributed by atoms with E-state index in [0.29, 0.717) is 55.4 Å². The number of carbonyl (C=O) groups excluding carboxylic acids is 8. The van der Waals surface area contributed by atoms with Crippen LogP contribution in [-0.2, 0) is 51.2 Å². The molecular weight excluding hydrogens is 973 g/mol. The predicted molar refractivity (Wildman–Crippen MR) is 286 cm³/mol. The SMILES string of the molecule is CCCCC(=O)NC1CC(=O)NCCCC[C@@H](C(N)=O)NC(=O)[C@H](Cc2c[nH]c3ccccc23)NC(=O)[C@H](CCCNC(=N)N)NC(=O)[C@@H](Cc2ccccc2)NC(=O)[C@]2(CC[C@H](c3ccc(OC)cc3)CC2)NC1=O. The first kappa shape index (κ1) is 57.3. The third-order valence-corrected chi connectivity index (χ3v) is 14.2. The maximum atomic E-state index is 15.3. The lowest BCUT2D eigenvalue weighted by Crippen LogP contribution is -2.66. The minimum atomic E-state index is -1.64. The standard InChI is InChI=1S/C55H74N12O9/c1-3-4-19-46(68)62-45-32-47(69)59-28-11-10-17-41(48(56)70)63-51(73)44(31-37-33-61-40-16-9-8-15-39(37)40)65-49(71)42(18-12-29-60-54(57)58)64-50(72)43(30-34-13-6-5-7-14-34)66-53(75)55(67-52(45)74)26-24-36(25-27-55)35-20-22-38(76-2)23-21-35/h5-9,13-16,20-23,33,36,41-45,61H,3-4,10-12,17-19,24-32H2,1-2H3,(H2,56,70)(H,59,69)(H,62,68)(H,63,73)(H,64,72)(H,65,71)(H,66,75)(H,67,74)(H4,57,58,60)/t36-,41-,42-,43+,44-,45?,55+/m0/s1. The molecule has 1 saturated heterocycles. The summed E-state index contributed by atoms with van der Waals surface area (Å²) >= 11 is 0. The van der Waals surface area contributed by atoms with Crippen molar-refractivity contribution in [2.45, 2.75) is 145 Å². The number of ether oxygens (including phenoxy) is 1. The van der Waals surface area contributed by atoms with Crippen LogP contribution >= 0.6 is 0 Å². The third-order valence-electron chi connectivity index (χ3n) is 14.2. The number of guanidine groups is 1. The van der Waals surface area contributed by atoms with Crippen LogP contribution in [0.2, 0.25) is 0 Å². The van der Waals surface area contributed by atoms with Crippen LogP contribution in [0.25, 0.3) is 10.9 Å². The Hall–Kier alpha value is -7.97. The number of primary amides is 1. The number of unbranched alkanes of at least 4 members (excludes halogenated alkanes) is 1. The topological polar surface area (TPSA) is 334 Å². The first-order valence-electron chi connectivity index (χ1n) is 26.3. The Morgan fingerprint density at radius 1 is 0.763 bits per heavy atom. The Balaban J connectivity index is 1.39. The van der Waals surface area contributed by atoms with Crippen LogP contribution in [0.3, 0.4) is 0 Å². The van der Waals surface area contributed by atoms with E-state index in [9.17, 15) is 33.6 Å². The summed E-state index contributed by atoms with van der Waals surface area (Å²) in [5, 5.41) is 31.0. The highest BCUT2D eigenvalue weighted by molar-refractivity contribution is 6.00. The molecular formula is C55H74N12O9. The number of hydrogen-bond acceptors (Lipinski definition) is 10. The summed E-state index contributed by atoms with van der Waals surface area (Å²) in [6.07, 6.45) is 4.54. The molecule has 2 fully saturated rings. The number of fused-ring (bicyclic) bond motifs is 1. The second kappa shape index (κ2) is 28.1. The monoisotopic (exact) mass is 1050 g/mol. The number of benzene rings is 3. The fourth-order valence-corrected chi connectivity index (χ4v) is 9.81. The van der Waals surface area contributed by atoms with Gasteiger partial charge in [0.15, 0.2) is 5.96 Å². The van der Waals surface area contributed by atoms with Gasteiger partial charge in [0.25, 0.3) is 0 Å². The Bertz CT molecular complexity index is 2650. The van der Waals surface area contributed by atoms with Crippen LogP contribution in [0.5, 0.6) is 5.75 Å². The summed E-state index contributed by atoms with van der Waals surface area (Å²) in [6.45, 7) is 2.18. The van der Waals surface area contributed by atoms with E-state index in [4.69, 9.17) is 21.6 Å². The van der Waals surface area contributed by atoms with Gasteiger partial charge in [-0.05, 0) is 105 Å². The van der Waals surface area contributed by atoms with Crippen molar-refractivity contribution in [3.05, 3.63) is 102 Å². The van der Waals surface area contributed by atoms with E-state index < -0.39 is 89.4 Å². The number of H-pyrrole nitrogens is 1. The van der Waals surface area contributed by atoms with Gasteiger partial charge >= 0.3 is 0 Å². The van der Waals surface area contributed by atoms with Gasteiger partial charge < -0.3 is 63.7 Å². The van der Waals surface area contributed by atoms with Crippen molar-refractivity contribution in [3.8, 4) is 5.75 Å². The molecule has 408 valence electrons. The van der Waals surface area contributed by atoms with Crippen LogP contribution in [0.4, 0.5) is 0 Å². The number of amides is 8. The van der Waals surface area contributed by atoms with E-state index in [1.807, 2.05) is 55.5 Å². The molecule has 0 radical (unpaired) electrons. The minimum Gasteiger partial charge on any atom is -0.497 e. The van der Waals surface area contributed by atoms with Crippen LogP contribution in [0, 0.1) is 5.41 Å². The number of aromatic nitrogens is 1. The summed E-state index contributed by atoms with van der Waals surface area (Å²) in [5.74, 6) is -5.15. The zero-order valence-corrected chi connectivity index (χ0v) is 43.4. The van der Waals surface area contributed by atoms with Gasteiger partial charge in [0.1, 0.15) is 41.5 Å². The lowest BCUT2D eigenvalue weighted by molar-refractivity contribution is -0.140. The molecule has 1 saturated carbocycles. The number of rotatable bonds is 15. The van der Waals surface area contributed by atoms with Gasteiger partial charge in [0.2, 0.25) is 47.3 Å². The van der Waals surface area contributed by atoms with Gasteiger partial charge in [-0.25, -0.2) is 0 Å². The number of hydrogen-bond donors (Lipinski definition) is 12. The maximum Gasteiger partial charge on any atom is 0.246 e. The molecule has 3 aromatic carbocycles. The Labute approximate surface area is 442 Å². The van der Waals surface area contributed by atoms with Gasteiger partial charge in [-0.2, -0.15) is 0 Å². The van der Waals surface area contributed by atoms with Crippen molar-refractivity contribution >= 4 is 64.1 Å². The van der Waals surface area contributed by atoms with Crippen LogP contribution in [0.1, 0.15) is 113 Å². The quantitative estimate of drug-likeness (QED) is 0.0465. The normalized spacial score (nSPS) is 23.7.